The van der Waals surface area contributed by atoms with E-state index in [0.717, 1.165) is 47.9 Å². The molecule has 0 fully saturated rings. The van der Waals surface area contributed by atoms with Gasteiger partial charge in [0, 0.05) is 12.8 Å². The zero-order valence-corrected chi connectivity index (χ0v) is 26.4. The fourth-order valence-corrected chi connectivity index (χ4v) is 7.61. The van der Waals surface area contributed by atoms with Crippen molar-refractivity contribution in [2.75, 3.05) is 13.2 Å². The van der Waals surface area contributed by atoms with Crippen molar-refractivity contribution in [2.45, 2.75) is 65.2 Å². The Morgan fingerprint density at radius 1 is 0.581 bits per heavy atom. The van der Waals surface area contributed by atoms with Gasteiger partial charge in [0.1, 0.15) is 0 Å². The summed E-state index contributed by atoms with van der Waals surface area (Å²) >= 11 is 0. The Morgan fingerprint density at radius 2 is 1.05 bits per heavy atom. The molecule has 0 saturated heterocycles. The molecule has 0 aliphatic heterocycles. The number of rotatable bonds is 16. The summed E-state index contributed by atoms with van der Waals surface area (Å²) in [6.07, 6.45) is 5.48. The Balaban J connectivity index is 1.77. The van der Waals surface area contributed by atoms with E-state index in [1.54, 1.807) is 0 Å². The highest BCUT2D eigenvalue weighted by molar-refractivity contribution is 7.80. The van der Waals surface area contributed by atoms with E-state index in [0.29, 0.717) is 38.9 Å². The van der Waals surface area contributed by atoms with Gasteiger partial charge in [-0.2, -0.15) is 0 Å². The summed E-state index contributed by atoms with van der Waals surface area (Å²) in [6, 6.07) is 36.2. The predicted octanol–water partition coefficient (Wildman–Crippen LogP) is 7.66. The van der Waals surface area contributed by atoms with Crippen molar-refractivity contribution in [3.63, 3.8) is 0 Å². The minimum absolute atomic E-state index is 0.173. The normalized spacial score (nSPS) is 11.0. The first-order valence-electron chi connectivity index (χ1n) is 15.5. The van der Waals surface area contributed by atoms with Crippen LogP contribution in [0.2, 0.25) is 0 Å². The fourth-order valence-electron chi connectivity index (χ4n) is 5.16. The molecule has 0 radical (unpaired) electrons. The van der Waals surface area contributed by atoms with Crippen LogP contribution in [0.15, 0.2) is 103 Å². The standard InChI is InChI=1S/C38H43O4P/c1-3-5-28-41-36(39)26-24-30-16-15-17-31(25-27-37(40)42-29-6-4-2)38(30)34-22-13-14-23-35(34)43(32-18-9-7-10-19-32)33-20-11-8-12-21-33/h7-23H,3-6,24-29H2,1-2H3. The molecule has 0 aromatic heterocycles. The van der Waals surface area contributed by atoms with Crippen molar-refractivity contribution >= 4 is 35.8 Å². The Kier molecular flexibility index (Phi) is 13.0. The van der Waals surface area contributed by atoms with Crippen LogP contribution in [0.4, 0.5) is 0 Å². The first-order chi connectivity index (χ1) is 21.1. The lowest BCUT2D eigenvalue weighted by molar-refractivity contribution is -0.144. The third-order valence-electron chi connectivity index (χ3n) is 7.40. The summed E-state index contributed by atoms with van der Waals surface area (Å²) in [5.74, 6) is -0.346. The third kappa shape index (κ3) is 9.37. The van der Waals surface area contributed by atoms with Gasteiger partial charge in [0.15, 0.2) is 0 Å². The maximum atomic E-state index is 12.6. The molecule has 0 heterocycles. The summed E-state index contributed by atoms with van der Waals surface area (Å²) in [4.78, 5) is 25.3. The minimum Gasteiger partial charge on any atom is -0.466 e. The highest BCUT2D eigenvalue weighted by atomic mass is 31.1. The van der Waals surface area contributed by atoms with Crippen LogP contribution in [0.1, 0.15) is 63.5 Å². The molecular weight excluding hydrogens is 551 g/mol. The highest BCUT2D eigenvalue weighted by Crippen LogP contribution is 2.39. The van der Waals surface area contributed by atoms with E-state index >= 15 is 0 Å². The van der Waals surface area contributed by atoms with Crippen LogP contribution in [0.25, 0.3) is 11.1 Å². The molecule has 0 aliphatic carbocycles. The van der Waals surface area contributed by atoms with Crippen LogP contribution in [-0.2, 0) is 31.9 Å². The second-order valence-electron chi connectivity index (χ2n) is 10.6. The summed E-state index contributed by atoms with van der Waals surface area (Å²) < 4.78 is 11.0. The molecule has 0 N–H and O–H groups in total. The molecule has 4 aromatic carbocycles. The second kappa shape index (κ2) is 17.4. The lowest BCUT2D eigenvalue weighted by Crippen LogP contribution is -2.22. The Labute approximate surface area is 258 Å². The largest absolute Gasteiger partial charge is 0.466 e. The number of carbonyl (C=O) groups is 2. The van der Waals surface area contributed by atoms with E-state index in [2.05, 4.69) is 111 Å². The molecule has 0 amide bonds. The van der Waals surface area contributed by atoms with E-state index < -0.39 is 7.92 Å². The highest BCUT2D eigenvalue weighted by Gasteiger charge is 2.23. The fraction of sp³-hybridized carbons (Fsp3) is 0.316. The van der Waals surface area contributed by atoms with Gasteiger partial charge in [-0.15, -0.1) is 0 Å². The molecular formula is C38H43O4P. The summed E-state index contributed by atoms with van der Waals surface area (Å²) in [5, 5.41) is 3.79. The summed E-state index contributed by atoms with van der Waals surface area (Å²) in [5.41, 5.74) is 4.44. The number of ether oxygens (including phenoxy) is 2. The molecule has 4 rings (SSSR count). The van der Waals surface area contributed by atoms with Gasteiger partial charge in [0.25, 0.3) is 0 Å². The van der Waals surface area contributed by atoms with E-state index in [1.165, 1.54) is 15.9 Å². The van der Waals surface area contributed by atoms with E-state index in [9.17, 15) is 9.59 Å². The molecule has 43 heavy (non-hydrogen) atoms. The van der Waals surface area contributed by atoms with Crippen molar-refractivity contribution in [1.29, 1.82) is 0 Å². The number of unbranched alkanes of at least 4 members (excludes halogenated alkanes) is 2. The van der Waals surface area contributed by atoms with Crippen LogP contribution in [-0.4, -0.2) is 25.2 Å². The SMILES string of the molecule is CCCCOC(=O)CCc1cccc(CCC(=O)OCCCC)c1-c1ccccc1P(c1ccccc1)c1ccccc1. The molecule has 0 aliphatic rings. The van der Waals surface area contributed by atoms with Gasteiger partial charge in [-0.1, -0.05) is 130 Å². The van der Waals surface area contributed by atoms with Gasteiger partial charge in [-0.05, 0) is 71.8 Å². The van der Waals surface area contributed by atoms with E-state index in [4.69, 9.17) is 9.47 Å². The van der Waals surface area contributed by atoms with Gasteiger partial charge >= 0.3 is 11.9 Å². The Hall–Kier alpha value is -3.75. The monoisotopic (exact) mass is 594 g/mol. The Bertz CT molecular complexity index is 1350. The smallest absolute Gasteiger partial charge is 0.306 e. The number of carbonyl (C=O) groups excluding carboxylic acids is 2. The number of benzene rings is 4. The van der Waals surface area contributed by atoms with Gasteiger partial charge in [-0.3, -0.25) is 9.59 Å². The lowest BCUT2D eigenvalue weighted by atomic mass is 9.90. The zero-order chi connectivity index (χ0) is 30.3. The van der Waals surface area contributed by atoms with Gasteiger partial charge in [0.05, 0.1) is 13.2 Å². The minimum atomic E-state index is -0.862. The predicted molar refractivity (Wildman–Crippen MR) is 179 cm³/mol. The topological polar surface area (TPSA) is 52.6 Å². The van der Waals surface area contributed by atoms with Gasteiger partial charge in [0.2, 0.25) is 0 Å². The first-order valence-corrected chi connectivity index (χ1v) is 16.9. The molecule has 4 nitrogen and oxygen atoms in total. The summed E-state index contributed by atoms with van der Waals surface area (Å²) in [6.45, 7) is 5.10. The van der Waals surface area contributed by atoms with E-state index in [-0.39, 0.29) is 11.9 Å². The molecule has 0 unspecified atom stereocenters. The molecule has 0 atom stereocenters. The van der Waals surface area contributed by atoms with Gasteiger partial charge < -0.3 is 9.47 Å². The Morgan fingerprint density at radius 3 is 1.53 bits per heavy atom. The number of aryl methyl sites for hydroxylation is 2. The average Bonchev–Trinajstić information content (AvgIpc) is 3.04. The van der Waals surface area contributed by atoms with Crippen molar-refractivity contribution in [3.05, 3.63) is 114 Å². The maximum absolute atomic E-state index is 12.6. The number of esters is 2. The van der Waals surface area contributed by atoms with Crippen LogP contribution >= 0.6 is 7.92 Å². The van der Waals surface area contributed by atoms with Gasteiger partial charge in [-0.25, -0.2) is 0 Å². The molecule has 4 aromatic rings. The zero-order valence-electron chi connectivity index (χ0n) is 25.5. The molecule has 224 valence electrons. The molecule has 0 saturated carbocycles. The number of hydrogen-bond donors (Lipinski definition) is 0. The van der Waals surface area contributed by atoms with E-state index in [1.807, 2.05) is 6.07 Å². The summed E-state index contributed by atoms with van der Waals surface area (Å²) in [7, 11) is -0.862. The maximum Gasteiger partial charge on any atom is 0.306 e. The van der Waals surface area contributed by atoms with Crippen molar-refractivity contribution in [1.82, 2.24) is 0 Å². The van der Waals surface area contributed by atoms with Crippen LogP contribution in [0.3, 0.4) is 0 Å². The average molecular weight is 595 g/mol. The molecule has 0 spiro atoms. The van der Waals surface area contributed by atoms with Crippen molar-refractivity contribution in [3.8, 4) is 11.1 Å². The van der Waals surface area contributed by atoms with Crippen LogP contribution in [0.5, 0.6) is 0 Å². The lowest BCUT2D eigenvalue weighted by Gasteiger charge is -2.25. The number of hydrogen-bond acceptors (Lipinski definition) is 4. The molecule has 0 bridgehead atoms. The first kappa shape index (κ1) is 32.2. The van der Waals surface area contributed by atoms with Crippen LogP contribution in [0, 0.1) is 0 Å². The second-order valence-corrected chi connectivity index (χ2v) is 12.8. The molecule has 5 heteroatoms. The third-order valence-corrected chi connectivity index (χ3v) is 9.90. The van der Waals surface area contributed by atoms with Crippen molar-refractivity contribution < 1.29 is 19.1 Å². The quantitative estimate of drug-likeness (QED) is 0.0759. The van der Waals surface area contributed by atoms with Crippen molar-refractivity contribution in [2.24, 2.45) is 0 Å². The van der Waals surface area contributed by atoms with Crippen LogP contribution < -0.4 is 15.9 Å².